The number of nitrogens with zero attached hydrogens (tertiary/aromatic N) is 1. The minimum absolute atomic E-state index is 0.00644. The van der Waals surface area contributed by atoms with Gasteiger partial charge in [-0.1, -0.05) is 29.8 Å². The molecule has 0 spiro atoms. The summed E-state index contributed by atoms with van der Waals surface area (Å²) in [5.41, 5.74) is 2.28. The standard InChI is InChI=1S/C21H28N2O3/c1-5-25-18-12-8-17(9-13-18)20(23(3)4)14-22-21(24)15-26-19-10-6-16(2)7-11-19/h6-13,20H,5,14-15H2,1-4H3,(H,22,24). The molecule has 26 heavy (non-hydrogen) atoms. The van der Waals surface area contributed by atoms with Crippen LogP contribution >= 0.6 is 0 Å². The van der Waals surface area contributed by atoms with Crippen molar-refractivity contribution >= 4 is 5.91 Å². The van der Waals surface area contributed by atoms with E-state index in [-0.39, 0.29) is 18.6 Å². The van der Waals surface area contributed by atoms with Crippen LogP contribution in [0.25, 0.3) is 0 Å². The molecule has 2 aromatic rings. The van der Waals surface area contributed by atoms with Gasteiger partial charge in [-0.2, -0.15) is 0 Å². The van der Waals surface area contributed by atoms with E-state index in [4.69, 9.17) is 9.47 Å². The molecule has 0 radical (unpaired) electrons. The molecule has 0 heterocycles. The van der Waals surface area contributed by atoms with Crippen molar-refractivity contribution in [3.63, 3.8) is 0 Å². The third kappa shape index (κ3) is 6.08. The number of nitrogens with one attached hydrogen (secondary N) is 1. The van der Waals surface area contributed by atoms with Crippen LogP contribution in [0.15, 0.2) is 48.5 Å². The first-order valence-electron chi connectivity index (χ1n) is 8.85. The molecule has 0 aliphatic heterocycles. The zero-order valence-corrected chi connectivity index (χ0v) is 16.0. The van der Waals surface area contributed by atoms with Gasteiger partial charge in [-0.05, 0) is 57.8 Å². The fraction of sp³-hybridized carbons (Fsp3) is 0.381. The average molecular weight is 356 g/mol. The summed E-state index contributed by atoms with van der Waals surface area (Å²) in [6, 6.07) is 15.7. The molecule has 5 heteroatoms. The Kier molecular flexibility index (Phi) is 7.48. The van der Waals surface area contributed by atoms with Gasteiger partial charge in [0, 0.05) is 6.54 Å². The zero-order valence-electron chi connectivity index (χ0n) is 16.0. The maximum Gasteiger partial charge on any atom is 0.258 e. The number of carbonyl (C=O) groups excluding carboxylic acids is 1. The molecular formula is C21H28N2O3. The summed E-state index contributed by atoms with van der Waals surface area (Å²) >= 11 is 0. The second-order valence-corrected chi connectivity index (χ2v) is 6.39. The normalized spacial score (nSPS) is 11.9. The van der Waals surface area contributed by atoms with Gasteiger partial charge < -0.3 is 19.7 Å². The van der Waals surface area contributed by atoms with Gasteiger partial charge in [-0.15, -0.1) is 0 Å². The van der Waals surface area contributed by atoms with E-state index in [1.807, 2.05) is 76.5 Å². The lowest BCUT2D eigenvalue weighted by Crippen LogP contribution is -2.36. The van der Waals surface area contributed by atoms with Gasteiger partial charge in [0.2, 0.25) is 0 Å². The highest BCUT2D eigenvalue weighted by Crippen LogP contribution is 2.21. The van der Waals surface area contributed by atoms with Crippen molar-refractivity contribution in [2.75, 3.05) is 33.9 Å². The third-order valence-corrected chi connectivity index (χ3v) is 4.08. The molecule has 1 amide bonds. The Balaban J connectivity index is 1.87. The van der Waals surface area contributed by atoms with Crippen LogP contribution in [0.3, 0.4) is 0 Å². The minimum atomic E-state index is -0.136. The molecule has 5 nitrogen and oxygen atoms in total. The predicted molar refractivity (Wildman–Crippen MR) is 104 cm³/mol. The van der Waals surface area contributed by atoms with E-state index < -0.39 is 0 Å². The maximum absolute atomic E-state index is 12.1. The summed E-state index contributed by atoms with van der Waals surface area (Å²) < 4.78 is 11.0. The molecule has 2 aromatic carbocycles. The van der Waals surface area contributed by atoms with Crippen molar-refractivity contribution in [2.45, 2.75) is 19.9 Å². The number of rotatable bonds is 9. The average Bonchev–Trinajstić information content (AvgIpc) is 2.63. The molecule has 1 atom stereocenters. The second-order valence-electron chi connectivity index (χ2n) is 6.39. The predicted octanol–water partition coefficient (Wildman–Crippen LogP) is 3.19. The summed E-state index contributed by atoms with van der Waals surface area (Å²) in [6.45, 7) is 5.14. The van der Waals surface area contributed by atoms with E-state index in [2.05, 4.69) is 10.2 Å². The number of aryl methyl sites for hydroxylation is 1. The van der Waals surface area contributed by atoms with Crippen LogP contribution < -0.4 is 14.8 Å². The molecule has 2 rings (SSSR count). The van der Waals surface area contributed by atoms with Crippen LogP contribution in [0, 0.1) is 6.92 Å². The van der Waals surface area contributed by atoms with Crippen molar-refractivity contribution in [2.24, 2.45) is 0 Å². The number of ether oxygens (including phenoxy) is 2. The van der Waals surface area contributed by atoms with Crippen molar-refractivity contribution < 1.29 is 14.3 Å². The number of amides is 1. The van der Waals surface area contributed by atoms with Crippen LogP contribution in [-0.2, 0) is 4.79 Å². The van der Waals surface area contributed by atoms with Gasteiger partial charge in [0.05, 0.1) is 12.6 Å². The molecule has 0 fully saturated rings. The van der Waals surface area contributed by atoms with Crippen LogP contribution in [-0.4, -0.2) is 44.7 Å². The first kappa shape index (κ1) is 19.8. The largest absolute Gasteiger partial charge is 0.494 e. The van der Waals surface area contributed by atoms with Crippen molar-refractivity contribution in [1.82, 2.24) is 10.2 Å². The molecule has 140 valence electrons. The lowest BCUT2D eigenvalue weighted by atomic mass is 10.1. The van der Waals surface area contributed by atoms with E-state index in [9.17, 15) is 4.79 Å². The highest BCUT2D eigenvalue weighted by Gasteiger charge is 2.15. The summed E-state index contributed by atoms with van der Waals surface area (Å²) in [4.78, 5) is 14.2. The molecule has 0 aliphatic carbocycles. The number of hydrogen-bond donors (Lipinski definition) is 1. The Morgan fingerprint density at radius 1 is 1.00 bits per heavy atom. The van der Waals surface area contributed by atoms with Gasteiger partial charge in [0.25, 0.3) is 5.91 Å². The Labute approximate surface area is 155 Å². The van der Waals surface area contributed by atoms with Gasteiger partial charge in [0.1, 0.15) is 11.5 Å². The van der Waals surface area contributed by atoms with Gasteiger partial charge in [-0.3, -0.25) is 4.79 Å². The zero-order chi connectivity index (χ0) is 18.9. The van der Waals surface area contributed by atoms with Gasteiger partial charge in [-0.25, -0.2) is 0 Å². The molecular weight excluding hydrogens is 328 g/mol. The van der Waals surface area contributed by atoms with E-state index in [0.29, 0.717) is 18.9 Å². The fourth-order valence-corrected chi connectivity index (χ4v) is 2.60. The summed E-state index contributed by atoms with van der Waals surface area (Å²) in [5.74, 6) is 1.41. The smallest absolute Gasteiger partial charge is 0.258 e. The van der Waals surface area contributed by atoms with E-state index in [1.54, 1.807) is 0 Å². The SMILES string of the molecule is CCOc1ccc(C(CNC(=O)COc2ccc(C)cc2)N(C)C)cc1. The third-order valence-electron chi connectivity index (χ3n) is 4.08. The Morgan fingerprint density at radius 2 is 1.58 bits per heavy atom. The number of likely N-dealkylation sites (N-methyl/N-ethyl adjacent to an activating group) is 1. The Morgan fingerprint density at radius 3 is 2.15 bits per heavy atom. The first-order valence-corrected chi connectivity index (χ1v) is 8.85. The molecule has 1 N–H and O–H groups in total. The minimum Gasteiger partial charge on any atom is -0.494 e. The van der Waals surface area contributed by atoms with Crippen LogP contribution in [0.2, 0.25) is 0 Å². The Hall–Kier alpha value is -2.53. The van der Waals surface area contributed by atoms with Crippen molar-refractivity contribution in [3.8, 4) is 11.5 Å². The van der Waals surface area contributed by atoms with E-state index >= 15 is 0 Å². The van der Waals surface area contributed by atoms with Crippen LogP contribution in [0.5, 0.6) is 11.5 Å². The highest BCUT2D eigenvalue weighted by atomic mass is 16.5. The molecule has 0 aromatic heterocycles. The molecule has 0 bridgehead atoms. The lowest BCUT2D eigenvalue weighted by Gasteiger charge is -2.25. The second kappa shape index (κ2) is 9.82. The van der Waals surface area contributed by atoms with Crippen molar-refractivity contribution in [3.05, 3.63) is 59.7 Å². The molecule has 0 saturated carbocycles. The van der Waals surface area contributed by atoms with E-state index in [0.717, 1.165) is 16.9 Å². The maximum atomic E-state index is 12.1. The molecule has 0 saturated heterocycles. The number of benzene rings is 2. The Bertz CT molecular complexity index is 681. The van der Waals surface area contributed by atoms with Gasteiger partial charge >= 0.3 is 0 Å². The topological polar surface area (TPSA) is 50.8 Å². The van der Waals surface area contributed by atoms with Gasteiger partial charge in [0.15, 0.2) is 6.61 Å². The molecule has 0 aliphatic rings. The van der Waals surface area contributed by atoms with Crippen LogP contribution in [0.4, 0.5) is 0 Å². The quantitative estimate of drug-likeness (QED) is 0.750. The molecule has 1 unspecified atom stereocenters. The number of hydrogen-bond acceptors (Lipinski definition) is 4. The summed E-state index contributed by atoms with van der Waals surface area (Å²) in [5, 5.41) is 2.95. The number of carbonyl (C=O) groups is 1. The first-order chi connectivity index (χ1) is 12.5. The monoisotopic (exact) mass is 356 g/mol. The van der Waals surface area contributed by atoms with Crippen molar-refractivity contribution in [1.29, 1.82) is 0 Å². The fourth-order valence-electron chi connectivity index (χ4n) is 2.60. The van der Waals surface area contributed by atoms with E-state index in [1.165, 1.54) is 0 Å². The summed E-state index contributed by atoms with van der Waals surface area (Å²) in [6.07, 6.45) is 0. The van der Waals surface area contributed by atoms with Crippen LogP contribution in [0.1, 0.15) is 24.1 Å². The lowest BCUT2D eigenvalue weighted by molar-refractivity contribution is -0.123. The highest BCUT2D eigenvalue weighted by molar-refractivity contribution is 5.77. The summed E-state index contributed by atoms with van der Waals surface area (Å²) in [7, 11) is 3.99.